The zero-order valence-corrected chi connectivity index (χ0v) is 13.8. The summed E-state index contributed by atoms with van der Waals surface area (Å²) in [6.07, 6.45) is 0. The van der Waals surface area contributed by atoms with Crippen molar-refractivity contribution in [1.29, 1.82) is 0 Å². The molecule has 0 aliphatic rings. The van der Waals surface area contributed by atoms with E-state index in [1.54, 1.807) is 19.2 Å². The predicted molar refractivity (Wildman–Crippen MR) is 91.3 cm³/mol. The number of rotatable bonds is 4. The van der Waals surface area contributed by atoms with Crippen molar-refractivity contribution in [3.63, 3.8) is 0 Å². The number of nitrogens with two attached hydrogens (primary N) is 1. The summed E-state index contributed by atoms with van der Waals surface area (Å²) in [5.41, 5.74) is 8.14. The fourth-order valence-electron chi connectivity index (χ4n) is 1.73. The van der Waals surface area contributed by atoms with Gasteiger partial charge in [0.1, 0.15) is 10.7 Å². The molecular formula is C14H12BrClN2OS. The van der Waals surface area contributed by atoms with Gasteiger partial charge in [-0.05, 0) is 36.4 Å². The van der Waals surface area contributed by atoms with E-state index >= 15 is 0 Å². The Balaban J connectivity index is 2.36. The van der Waals surface area contributed by atoms with Crippen LogP contribution in [0.3, 0.4) is 0 Å². The van der Waals surface area contributed by atoms with Crippen LogP contribution < -0.4 is 15.8 Å². The van der Waals surface area contributed by atoms with Gasteiger partial charge in [0.25, 0.3) is 0 Å². The summed E-state index contributed by atoms with van der Waals surface area (Å²) >= 11 is 14.6. The van der Waals surface area contributed by atoms with Crippen molar-refractivity contribution in [2.75, 3.05) is 12.4 Å². The van der Waals surface area contributed by atoms with E-state index < -0.39 is 0 Å². The molecule has 0 atom stereocenters. The highest BCUT2D eigenvalue weighted by molar-refractivity contribution is 9.10. The highest BCUT2D eigenvalue weighted by atomic mass is 79.9. The summed E-state index contributed by atoms with van der Waals surface area (Å²) in [5.74, 6) is 0.626. The van der Waals surface area contributed by atoms with Gasteiger partial charge in [-0.25, -0.2) is 0 Å². The Bertz CT molecular complexity index is 664. The first-order valence-electron chi connectivity index (χ1n) is 5.71. The number of ether oxygens (including phenoxy) is 1. The second-order valence-electron chi connectivity index (χ2n) is 4.03. The smallest absolute Gasteiger partial charge is 0.137 e. The fraction of sp³-hybridized carbons (Fsp3) is 0.0714. The number of halogens is 2. The van der Waals surface area contributed by atoms with Gasteiger partial charge in [0.15, 0.2) is 0 Å². The summed E-state index contributed by atoms with van der Waals surface area (Å²) in [6.45, 7) is 0. The van der Waals surface area contributed by atoms with Gasteiger partial charge < -0.3 is 15.8 Å². The summed E-state index contributed by atoms with van der Waals surface area (Å²) in [4.78, 5) is 0.333. The predicted octanol–water partition coefficient (Wildman–Crippen LogP) is 4.49. The third-order valence-electron chi connectivity index (χ3n) is 2.68. The summed E-state index contributed by atoms with van der Waals surface area (Å²) in [6, 6.07) is 11.1. The van der Waals surface area contributed by atoms with E-state index in [4.69, 9.17) is 34.3 Å². The number of nitrogens with one attached hydrogen (secondary N) is 1. The molecule has 0 heterocycles. The van der Waals surface area contributed by atoms with Crippen LogP contribution >= 0.6 is 39.7 Å². The van der Waals surface area contributed by atoms with E-state index in [1.807, 2.05) is 24.3 Å². The van der Waals surface area contributed by atoms with Crippen LogP contribution in [0.2, 0.25) is 5.02 Å². The first-order chi connectivity index (χ1) is 9.51. The van der Waals surface area contributed by atoms with E-state index in [9.17, 15) is 0 Å². The Morgan fingerprint density at radius 1 is 1.30 bits per heavy atom. The molecule has 0 aliphatic carbocycles. The van der Waals surface area contributed by atoms with Crippen LogP contribution in [0.15, 0.2) is 40.9 Å². The molecule has 2 aromatic rings. The molecule has 104 valence electrons. The van der Waals surface area contributed by atoms with Crippen LogP contribution in [0.4, 0.5) is 11.4 Å². The molecule has 0 saturated carbocycles. The lowest BCUT2D eigenvalue weighted by Crippen LogP contribution is -2.11. The highest BCUT2D eigenvalue weighted by Crippen LogP contribution is 2.30. The van der Waals surface area contributed by atoms with Crippen LogP contribution in [0.25, 0.3) is 0 Å². The van der Waals surface area contributed by atoms with E-state index in [0.29, 0.717) is 15.8 Å². The van der Waals surface area contributed by atoms with Crippen LogP contribution in [0.5, 0.6) is 5.75 Å². The molecule has 0 fully saturated rings. The zero-order chi connectivity index (χ0) is 14.7. The van der Waals surface area contributed by atoms with E-state index in [-0.39, 0.29) is 0 Å². The molecule has 20 heavy (non-hydrogen) atoms. The van der Waals surface area contributed by atoms with Crippen molar-refractivity contribution < 1.29 is 4.74 Å². The van der Waals surface area contributed by atoms with Crippen LogP contribution in [-0.2, 0) is 0 Å². The quantitative estimate of drug-likeness (QED) is 0.777. The number of thiocarbonyl (C=S) groups is 1. The van der Waals surface area contributed by atoms with Gasteiger partial charge in [0, 0.05) is 21.4 Å². The van der Waals surface area contributed by atoms with E-state index in [1.165, 1.54) is 0 Å². The molecule has 2 aromatic carbocycles. The van der Waals surface area contributed by atoms with Crippen molar-refractivity contribution in [1.82, 2.24) is 0 Å². The summed E-state index contributed by atoms with van der Waals surface area (Å²) in [5, 5.41) is 3.78. The monoisotopic (exact) mass is 370 g/mol. The molecule has 3 N–H and O–H groups in total. The van der Waals surface area contributed by atoms with Gasteiger partial charge in [-0.15, -0.1) is 0 Å². The number of benzene rings is 2. The second-order valence-corrected chi connectivity index (χ2v) is 5.79. The molecule has 2 rings (SSSR count). The number of anilines is 2. The number of methoxy groups -OCH3 is 1. The van der Waals surface area contributed by atoms with Crippen molar-refractivity contribution in [3.05, 3.63) is 51.5 Å². The van der Waals surface area contributed by atoms with Crippen molar-refractivity contribution in [2.24, 2.45) is 5.73 Å². The van der Waals surface area contributed by atoms with Crippen molar-refractivity contribution >= 4 is 56.1 Å². The lowest BCUT2D eigenvalue weighted by atomic mass is 10.1. The Morgan fingerprint density at radius 3 is 2.65 bits per heavy atom. The van der Waals surface area contributed by atoms with E-state index in [0.717, 1.165) is 21.4 Å². The third kappa shape index (κ3) is 3.42. The minimum absolute atomic E-state index is 0.333. The molecule has 0 spiro atoms. The SMILES string of the molecule is COc1ccc(Nc2cc(Br)ccc2C(N)=S)cc1Cl. The van der Waals surface area contributed by atoms with Crippen LogP contribution in [-0.4, -0.2) is 12.1 Å². The lowest BCUT2D eigenvalue weighted by molar-refractivity contribution is 0.415. The summed E-state index contributed by atoms with van der Waals surface area (Å²) in [7, 11) is 1.58. The fourth-order valence-corrected chi connectivity index (χ4v) is 2.53. The molecule has 0 unspecified atom stereocenters. The Labute approximate surface area is 136 Å². The average molecular weight is 372 g/mol. The van der Waals surface area contributed by atoms with Gasteiger partial charge >= 0.3 is 0 Å². The maximum absolute atomic E-state index is 6.10. The third-order valence-corrected chi connectivity index (χ3v) is 3.69. The second kappa shape index (κ2) is 6.43. The van der Waals surface area contributed by atoms with E-state index in [2.05, 4.69) is 21.2 Å². The highest BCUT2D eigenvalue weighted by Gasteiger charge is 2.08. The standard InChI is InChI=1S/C14H12BrClN2OS/c1-19-13-5-3-9(7-11(13)16)18-12-6-8(15)2-4-10(12)14(17)20/h2-7,18H,1H3,(H2,17,20). The van der Waals surface area contributed by atoms with Gasteiger partial charge in [0.05, 0.1) is 12.1 Å². The molecule has 0 aliphatic heterocycles. The normalized spacial score (nSPS) is 10.2. The lowest BCUT2D eigenvalue weighted by Gasteiger charge is -2.13. The molecule has 0 aromatic heterocycles. The topological polar surface area (TPSA) is 47.3 Å². The minimum Gasteiger partial charge on any atom is -0.495 e. The first-order valence-corrected chi connectivity index (χ1v) is 7.29. The molecule has 0 bridgehead atoms. The average Bonchev–Trinajstić information content (AvgIpc) is 2.38. The zero-order valence-electron chi connectivity index (χ0n) is 10.6. The van der Waals surface area contributed by atoms with Crippen LogP contribution in [0, 0.1) is 0 Å². The van der Waals surface area contributed by atoms with Crippen molar-refractivity contribution in [3.8, 4) is 5.75 Å². The maximum Gasteiger partial charge on any atom is 0.137 e. The molecule has 6 heteroatoms. The minimum atomic E-state index is 0.333. The Morgan fingerprint density at radius 2 is 2.05 bits per heavy atom. The maximum atomic E-state index is 6.10. The largest absolute Gasteiger partial charge is 0.495 e. The molecule has 3 nitrogen and oxygen atoms in total. The Kier molecular flexibility index (Phi) is 4.86. The van der Waals surface area contributed by atoms with Gasteiger partial charge in [-0.3, -0.25) is 0 Å². The van der Waals surface area contributed by atoms with Gasteiger partial charge in [-0.2, -0.15) is 0 Å². The number of hydrogen-bond donors (Lipinski definition) is 2. The first kappa shape index (κ1) is 15.1. The molecular weight excluding hydrogens is 360 g/mol. The van der Waals surface area contributed by atoms with Crippen LogP contribution in [0.1, 0.15) is 5.56 Å². The summed E-state index contributed by atoms with van der Waals surface area (Å²) < 4.78 is 6.05. The van der Waals surface area contributed by atoms with Gasteiger partial charge in [0.2, 0.25) is 0 Å². The molecule has 0 saturated heterocycles. The molecule has 0 amide bonds. The van der Waals surface area contributed by atoms with Gasteiger partial charge in [-0.1, -0.05) is 39.7 Å². The Hall–Kier alpha value is -1.30. The number of hydrogen-bond acceptors (Lipinski definition) is 3. The van der Waals surface area contributed by atoms with Crippen molar-refractivity contribution in [2.45, 2.75) is 0 Å². The molecule has 0 radical (unpaired) electrons.